The number of benzene rings is 1. The highest BCUT2D eigenvalue weighted by molar-refractivity contribution is 7.99. The van der Waals surface area contributed by atoms with Crippen LogP contribution in [0.1, 0.15) is 6.92 Å². The van der Waals surface area contributed by atoms with Crippen molar-refractivity contribution in [2.75, 3.05) is 11.5 Å². The van der Waals surface area contributed by atoms with Crippen molar-refractivity contribution >= 4 is 33.3 Å². The molecule has 0 saturated carbocycles. The lowest BCUT2D eigenvalue weighted by Crippen LogP contribution is -2.17. The standard InChI is InChI=1S/C12H13F3N2O2S2/c1-2-20-6-5-17-9-4-3-8(19-12(13,14)15)7-10(9)21-11(17)16-18/h3-4,7,18H,2,5-6H2,1H3/b16-11+. The number of aryl methyl sites for hydroxylation is 1. The van der Waals surface area contributed by atoms with E-state index in [1.54, 1.807) is 16.3 Å². The summed E-state index contributed by atoms with van der Waals surface area (Å²) < 4.78 is 42.9. The van der Waals surface area contributed by atoms with Crippen LogP contribution in [0.15, 0.2) is 23.4 Å². The van der Waals surface area contributed by atoms with Crippen molar-refractivity contribution < 1.29 is 23.1 Å². The lowest BCUT2D eigenvalue weighted by atomic mass is 10.3. The maximum Gasteiger partial charge on any atom is 0.573 e. The van der Waals surface area contributed by atoms with Crippen molar-refractivity contribution in [1.29, 1.82) is 0 Å². The average Bonchev–Trinajstić information content (AvgIpc) is 2.74. The third-order valence-corrected chi connectivity index (χ3v) is 4.55. The fraction of sp³-hybridized carbons (Fsp3) is 0.417. The average molecular weight is 338 g/mol. The van der Waals surface area contributed by atoms with Gasteiger partial charge in [0.2, 0.25) is 4.80 Å². The molecule has 2 rings (SSSR count). The van der Waals surface area contributed by atoms with Crippen LogP contribution in [0.5, 0.6) is 5.75 Å². The van der Waals surface area contributed by atoms with Gasteiger partial charge < -0.3 is 14.5 Å². The molecule has 2 aromatic rings. The van der Waals surface area contributed by atoms with Crippen molar-refractivity contribution in [3.05, 3.63) is 23.0 Å². The number of hydrogen-bond donors (Lipinski definition) is 1. The number of ether oxygens (including phenoxy) is 1. The van der Waals surface area contributed by atoms with Gasteiger partial charge in [-0.05, 0) is 24.0 Å². The molecule has 1 aromatic heterocycles. The Morgan fingerprint density at radius 1 is 1.43 bits per heavy atom. The van der Waals surface area contributed by atoms with Crippen molar-refractivity contribution in [1.82, 2.24) is 4.57 Å². The Morgan fingerprint density at radius 2 is 2.19 bits per heavy atom. The van der Waals surface area contributed by atoms with Crippen molar-refractivity contribution in [2.24, 2.45) is 5.16 Å². The van der Waals surface area contributed by atoms with E-state index in [0.717, 1.165) is 28.4 Å². The first kappa shape index (κ1) is 16.0. The molecular weight excluding hydrogens is 325 g/mol. The monoisotopic (exact) mass is 338 g/mol. The minimum atomic E-state index is -4.72. The summed E-state index contributed by atoms with van der Waals surface area (Å²) in [4.78, 5) is 0.353. The quantitative estimate of drug-likeness (QED) is 0.514. The van der Waals surface area contributed by atoms with E-state index < -0.39 is 6.36 Å². The second kappa shape index (κ2) is 6.61. The van der Waals surface area contributed by atoms with E-state index in [2.05, 4.69) is 9.89 Å². The predicted molar refractivity (Wildman–Crippen MR) is 76.8 cm³/mol. The molecule has 0 atom stereocenters. The number of halogens is 3. The normalized spacial score (nSPS) is 13.0. The number of fused-ring (bicyclic) bond motifs is 1. The van der Waals surface area contributed by atoms with Gasteiger partial charge in [0.25, 0.3) is 0 Å². The first-order chi connectivity index (χ1) is 9.94. The molecule has 0 aliphatic carbocycles. The minimum absolute atomic E-state index is 0.282. The molecule has 0 spiro atoms. The maximum atomic E-state index is 12.2. The molecule has 0 fully saturated rings. The van der Waals surface area contributed by atoms with Gasteiger partial charge in [0.1, 0.15) is 5.75 Å². The smallest absolute Gasteiger partial charge is 0.408 e. The Morgan fingerprint density at radius 3 is 2.81 bits per heavy atom. The zero-order valence-corrected chi connectivity index (χ0v) is 12.7. The van der Waals surface area contributed by atoms with Crippen LogP contribution in [-0.2, 0) is 6.54 Å². The van der Waals surface area contributed by atoms with Crippen molar-refractivity contribution in [3.63, 3.8) is 0 Å². The van der Waals surface area contributed by atoms with Gasteiger partial charge in [-0.2, -0.15) is 11.8 Å². The molecule has 0 unspecified atom stereocenters. The van der Waals surface area contributed by atoms with E-state index in [9.17, 15) is 13.2 Å². The number of thioether (sulfide) groups is 1. The first-order valence-corrected chi connectivity index (χ1v) is 8.06. The summed E-state index contributed by atoms with van der Waals surface area (Å²) in [6, 6.07) is 4.09. The number of thiazole rings is 1. The van der Waals surface area contributed by atoms with Gasteiger partial charge in [0.15, 0.2) is 0 Å². The summed E-state index contributed by atoms with van der Waals surface area (Å²) in [6.45, 7) is 2.66. The van der Waals surface area contributed by atoms with E-state index in [0.29, 0.717) is 16.0 Å². The van der Waals surface area contributed by atoms with Gasteiger partial charge in [-0.1, -0.05) is 23.4 Å². The Labute approximate surface area is 126 Å². The molecule has 1 heterocycles. The van der Waals surface area contributed by atoms with Crippen LogP contribution < -0.4 is 9.54 Å². The molecule has 1 N–H and O–H groups in total. The summed E-state index contributed by atoms with van der Waals surface area (Å²) in [5.74, 6) is 1.52. The van der Waals surface area contributed by atoms with Crippen molar-refractivity contribution in [2.45, 2.75) is 19.8 Å². The van der Waals surface area contributed by atoms with Gasteiger partial charge in [0, 0.05) is 12.3 Å². The van der Waals surface area contributed by atoms with Crippen LogP contribution in [0, 0.1) is 0 Å². The molecule has 0 aliphatic rings. The largest absolute Gasteiger partial charge is 0.573 e. The number of alkyl halides is 3. The molecule has 0 aliphatic heterocycles. The third-order valence-electron chi connectivity index (χ3n) is 2.64. The maximum absolute atomic E-state index is 12.2. The van der Waals surface area contributed by atoms with Crippen LogP contribution in [-0.4, -0.2) is 27.6 Å². The Balaban J connectivity index is 2.37. The SMILES string of the molecule is CCSCCn1/c(=N\O)sc2cc(OC(F)(F)F)ccc21. The molecule has 21 heavy (non-hydrogen) atoms. The Bertz CT molecular complexity index is 679. The molecule has 0 bridgehead atoms. The fourth-order valence-corrected chi connectivity index (χ4v) is 3.44. The van der Waals surface area contributed by atoms with Crippen LogP contribution in [0.4, 0.5) is 13.2 Å². The third kappa shape index (κ3) is 4.07. The molecule has 4 nitrogen and oxygen atoms in total. The summed E-state index contributed by atoms with van der Waals surface area (Å²) in [6.07, 6.45) is -4.72. The topological polar surface area (TPSA) is 46.8 Å². The van der Waals surface area contributed by atoms with Gasteiger partial charge in [-0.15, -0.1) is 13.2 Å². The van der Waals surface area contributed by atoms with E-state index in [1.165, 1.54) is 18.2 Å². The second-order valence-corrected chi connectivity index (χ2v) is 6.41. The van der Waals surface area contributed by atoms with Crippen molar-refractivity contribution in [3.8, 4) is 5.75 Å². The van der Waals surface area contributed by atoms with Crippen LogP contribution >= 0.6 is 23.1 Å². The highest BCUT2D eigenvalue weighted by atomic mass is 32.2. The zero-order chi connectivity index (χ0) is 15.5. The fourth-order valence-electron chi connectivity index (χ4n) is 1.84. The number of hydrogen-bond acceptors (Lipinski definition) is 5. The number of nitrogens with zero attached hydrogens (tertiary/aromatic N) is 2. The summed E-state index contributed by atoms with van der Waals surface area (Å²) in [5.41, 5.74) is 0.721. The van der Waals surface area contributed by atoms with Gasteiger partial charge in [-0.3, -0.25) is 0 Å². The highest BCUT2D eigenvalue weighted by Crippen LogP contribution is 2.28. The Kier molecular flexibility index (Phi) is 5.04. The molecular formula is C12H13F3N2O2S2. The Hall–Kier alpha value is -1.35. The van der Waals surface area contributed by atoms with E-state index in [4.69, 9.17) is 5.21 Å². The van der Waals surface area contributed by atoms with Gasteiger partial charge in [0.05, 0.1) is 10.2 Å². The van der Waals surface area contributed by atoms with Gasteiger partial charge >= 0.3 is 6.36 Å². The van der Waals surface area contributed by atoms with E-state index >= 15 is 0 Å². The highest BCUT2D eigenvalue weighted by Gasteiger charge is 2.31. The number of aromatic nitrogens is 1. The summed E-state index contributed by atoms with van der Waals surface area (Å²) in [5, 5.41) is 12.2. The molecule has 0 radical (unpaired) electrons. The summed E-state index contributed by atoms with van der Waals surface area (Å²) in [7, 11) is 0. The van der Waals surface area contributed by atoms with Crippen LogP contribution in [0.25, 0.3) is 10.2 Å². The number of rotatable bonds is 5. The molecule has 0 amide bonds. The second-order valence-electron chi connectivity index (χ2n) is 4.01. The lowest BCUT2D eigenvalue weighted by molar-refractivity contribution is -0.274. The zero-order valence-electron chi connectivity index (χ0n) is 11.1. The predicted octanol–water partition coefficient (Wildman–Crippen LogP) is 3.64. The van der Waals surface area contributed by atoms with E-state index in [1.807, 2.05) is 6.92 Å². The van der Waals surface area contributed by atoms with Crippen LogP contribution in [0.2, 0.25) is 0 Å². The van der Waals surface area contributed by atoms with Gasteiger partial charge in [-0.25, -0.2) is 0 Å². The lowest BCUT2D eigenvalue weighted by Gasteiger charge is -2.09. The molecule has 1 aromatic carbocycles. The van der Waals surface area contributed by atoms with E-state index in [-0.39, 0.29) is 5.75 Å². The minimum Gasteiger partial charge on any atom is -0.408 e. The summed E-state index contributed by atoms with van der Waals surface area (Å²) >= 11 is 2.84. The molecule has 0 saturated heterocycles. The first-order valence-electron chi connectivity index (χ1n) is 6.09. The molecule has 9 heteroatoms. The molecule has 116 valence electrons. The van der Waals surface area contributed by atoms with Crippen LogP contribution in [0.3, 0.4) is 0 Å².